The first-order chi connectivity index (χ1) is 10.4. The summed E-state index contributed by atoms with van der Waals surface area (Å²) in [6, 6.07) is 5.73. The van der Waals surface area contributed by atoms with Crippen LogP contribution in [0.25, 0.3) is 0 Å². The summed E-state index contributed by atoms with van der Waals surface area (Å²) in [5, 5.41) is 11.9. The zero-order valence-electron chi connectivity index (χ0n) is 12.8. The van der Waals surface area contributed by atoms with Gasteiger partial charge in [-0.1, -0.05) is 19.9 Å². The third-order valence-electron chi connectivity index (χ3n) is 3.46. The highest BCUT2D eigenvalue weighted by Crippen LogP contribution is 2.20. The van der Waals surface area contributed by atoms with Crippen LogP contribution in [0.3, 0.4) is 0 Å². The van der Waals surface area contributed by atoms with E-state index in [1.165, 1.54) is 12.1 Å². The maximum Gasteiger partial charge on any atom is 0.335 e. The van der Waals surface area contributed by atoms with E-state index in [0.29, 0.717) is 5.56 Å². The van der Waals surface area contributed by atoms with Crippen molar-refractivity contribution in [3.05, 3.63) is 53.6 Å². The van der Waals surface area contributed by atoms with Crippen molar-refractivity contribution in [2.24, 2.45) is 13.0 Å². The number of aromatic carboxylic acids is 1. The molecule has 6 nitrogen and oxygen atoms in total. The molecule has 0 bridgehead atoms. The van der Waals surface area contributed by atoms with Crippen LogP contribution in [-0.4, -0.2) is 26.5 Å². The molecule has 2 aromatic rings. The van der Waals surface area contributed by atoms with E-state index in [0.717, 1.165) is 5.82 Å². The molecule has 2 rings (SSSR count). The lowest BCUT2D eigenvalue weighted by molar-refractivity contribution is 0.0697. The molecule has 0 aliphatic heterocycles. The quantitative estimate of drug-likeness (QED) is 0.887. The van der Waals surface area contributed by atoms with E-state index in [-0.39, 0.29) is 23.4 Å². The zero-order valence-corrected chi connectivity index (χ0v) is 12.8. The average molecular weight is 301 g/mol. The fraction of sp³-hybridized carbons (Fsp3) is 0.312. The largest absolute Gasteiger partial charge is 0.478 e. The molecule has 1 aromatic heterocycles. The third-order valence-corrected chi connectivity index (χ3v) is 3.46. The van der Waals surface area contributed by atoms with Gasteiger partial charge in [0.05, 0.1) is 11.6 Å². The zero-order chi connectivity index (χ0) is 16.3. The molecule has 116 valence electrons. The Labute approximate surface area is 128 Å². The summed E-state index contributed by atoms with van der Waals surface area (Å²) in [6.07, 6.45) is 3.50. The predicted molar refractivity (Wildman–Crippen MR) is 81.7 cm³/mol. The fourth-order valence-corrected chi connectivity index (χ4v) is 2.22. The van der Waals surface area contributed by atoms with Gasteiger partial charge in [0.15, 0.2) is 0 Å². The summed E-state index contributed by atoms with van der Waals surface area (Å²) in [6.45, 7) is 3.99. The minimum absolute atomic E-state index is 0.0886. The number of carbonyl (C=O) groups excluding carboxylic acids is 1. The van der Waals surface area contributed by atoms with Crippen LogP contribution in [-0.2, 0) is 7.05 Å². The normalized spacial score (nSPS) is 12.2. The van der Waals surface area contributed by atoms with Crippen LogP contribution in [0, 0.1) is 5.92 Å². The van der Waals surface area contributed by atoms with Crippen LogP contribution in [0.4, 0.5) is 0 Å². The van der Waals surface area contributed by atoms with Crippen molar-refractivity contribution >= 4 is 11.9 Å². The van der Waals surface area contributed by atoms with Gasteiger partial charge in [-0.25, -0.2) is 9.78 Å². The average Bonchev–Trinajstić information content (AvgIpc) is 2.90. The number of rotatable bonds is 5. The van der Waals surface area contributed by atoms with Crippen molar-refractivity contribution in [3.63, 3.8) is 0 Å². The number of amides is 1. The summed E-state index contributed by atoms with van der Waals surface area (Å²) in [4.78, 5) is 27.7. The van der Waals surface area contributed by atoms with Gasteiger partial charge in [-0.15, -0.1) is 0 Å². The highest BCUT2D eigenvalue weighted by molar-refractivity contribution is 5.97. The number of aromatic nitrogens is 2. The molecule has 0 saturated carbocycles. The number of nitrogens with one attached hydrogen (secondary N) is 1. The highest BCUT2D eigenvalue weighted by Gasteiger charge is 2.22. The number of imidazole rings is 1. The van der Waals surface area contributed by atoms with Crippen LogP contribution < -0.4 is 5.32 Å². The number of hydrogen-bond donors (Lipinski definition) is 2. The highest BCUT2D eigenvalue weighted by atomic mass is 16.4. The smallest absolute Gasteiger partial charge is 0.335 e. The van der Waals surface area contributed by atoms with Gasteiger partial charge < -0.3 is 15.0 Å². The van der Waals surface area contributed by atoms with Gasteiger partial charge in [-0.2, -0.15) is 0 Å². The number of carboxylic acid groups (broad SMARTS) is 1. The molecule has 22 heavy (non-hydrogen) atoms. The van der Waals surface area contributed by atoms with Crippen LogP contribution >= 0.6 is 0 Å². The van der Waals surface area contributed by atoms with Gasteiger partial charge >= 0.3 is 5.97 Å². The monoisotopic (exact) mass is 301 g/mol. The maximum atomic E-state index is 12.4. The number of carboxylic acids is 1. The maximum absolute atomic E-state index is 12.4. The topological polar surface area (TPSA) is 84.2 Å². The number of carbonyl (C=O) groups is 2. The molecule has 0 fully saturated rings. The number of nitrogens with zero attached hydrogens (tertiary/aromatic N) is 2. The Morgan fingerprint density at radius 3 is 2.50 bits per heavy atom. The second-order valence-corrected chi connectivity index (χ2v) is 5.48. The molecule has 0 aliphatic carbocycles. The van der Waals surface area contributed by atoms with Crippen LogP contribution in [0.5, 0.6) is 0 Å². The second kappa shape index (κ2) is 6.43. The Morgan fingerprint density at radius 1 is 1.27 bits per heavy atom. The minimum Gasteiger partial charge on any atom is -0.478 e. The van der Waals surface area contributed by atoms with E-state index >= 15 is 0 Å². The van der Waals surface area contributed by atoms with Crippen LogP contribution in [0.2, 0.25) is 0 Å². The van der Waals surface area contributed by atoms with E-state index in [4.69, 9.17) is 5.11 Å². The Hall–Kier alpha value is -2.63. The summed E-state index contributed by atoms with van der Waals surface area (Å²) < 4.78 is 1.86. The molecule has 1 amide bonds. The number of hydrogen-bond acceptors (Lipinski definition) is 3. The Bertz CT molecular complexity index is 691. The SMILES string of the molecule is CC(C)[C@H](NC(=O)c1cccc(C(=O)O)c1)c1nccn1C. The van der Waals surface area contributed by atoms with Crippen LogP contribution in [0.15, 0.2) is 36.7 Å². The molecule has 0 aliphatic rings. The van der Waals surface area contributed by atoms with Crippen LogP contribution in [0.1, 0.15) is 46.4 Å². The molecular formula is C16H19N3O3. The molecule has 0 radical (unpaired) electrons. The lowest BCUT2D eigenvalue weighted by Crippen LogP contribution is -2.33. The second-order valence-electron chi connectivity index (χ2n) is 5.48. The number of benzene rings is 1. The lowest BCUT2D eigenvalue weighted by Gasteiger charge is -2.22. The molecule has 2 N–H and O–H groups in total. The summed E-state index contributed by atoms with van der Waals surface area (Å²) >= 11 is 0. The lowest BCUT2D eigenvalue weighted by atomic mass is 10.0. The van der Waals surface area contributed by atoms with Crippen molar-refractivity contribution < 1.29 is 14.7 Å². The van der Waals surface area contributed by atoms with Crippen molar-refractivity contribution in [1.29, 1.82) is 0 Å². The first-order valence-electron chi connectivity index (χ1n) is 7.01. The van der Waals surface area contributed by atoms with Gasteiger partial charge in [0.1, 0.15) is 5.82 Å². The fourth-order valence-electron chi connectivity index (χ4n) is 2.22. The molecule has 1 heterocycles. The Balaban J connectivity index is 2.24. The minimum atomic E-state index is -1.06. The van der Waals surface area contributed by atoms with Gasteiger partial charge in [0.2, 0.25) is 0 Å². The standard InChI is InChI=1S/C16H19N3O3/c1-10(2)13(14-17-7-8-19(14)3)18-15(20)11-5-4-6-12(9-11)16(21)22/h4-10,13H,1-3H3,(H,18,20)(H,21,22)/t13-/m0/s1. The Morgan fingerprint density at radius 2 is 1.95 bits per heavy atom. The first kappa shape index (κ1) is 15.8. The van der Waals surface area contributed by atoms with Gasteiger partial charge in [0.25, 0.3) is 5.91 Å². The summed E-state index contributed by atoms with van der Waals surface area (Å²) in [7, 11) is 1.87. The Kier molecular flexibility index (Phi) is 4.60. The van der Waals surface area contributed by atoms with Crippen molar-refractivity contribution in [3.8, 4) is 0 Å². The number of aryl methyl sites for hydroxylation is 1. The van der Waals surface area contributed by atoms with Crippen molar-refractivity contribution in [2.75, 3.05) is 0 Å². The van der Waals surface area contributed by atoms with E-state index in [1.54, 1.807) is 18.3 Å². The van der Waals surface area contributed by atoms with E-state index in [1.807, 2.05) is 31.7 Å². The van der Waals surface area contributed by atoms with Crippen molar-refractivity contribution in [2.45, 2.75) is 19.9 Å². The van der Waals surface area contributed by atoms with E-state index in [2.05, 4.69) is 10.3 Å². The van der Waals surface area contributed by atoms with Gasteiger partial charge in [-0.05, 0) is 24.1 Å². The summed E-state index contributed by atoms with van der Waals surface area (Å²) in [5.74, 6) is -0.464. The van der Waals surface area contributed by atoms with E-state index < -0.39 is 5.97 Å². The van der Waals surface area contributed by atoms with Gasteiger partial charge in [-0.3, -0.25) is 4.79 Å². The molecule has 1 aromatic carbocycles. The molecule has 0 spiro atoms. The third kappa shape index (κ3) is 3.33. The molecular weight excluding hydrogens is 282 g/mol. The van der Waals surface area contributed by atoms with Gasteiger partial charge in [0, 0.05) is 25.0 Å². The molecule has 0 unspecified atom stereocenters. The van der Waals surface area contributed by atoms with E-state index in [9.17, 15) is 9.59 Å². The molecule has 0 saturated heterocycles. The first-order valence-corrected chi connectivity index (χ1v) is 7.01. The summed E-state index contributed by atoms with van der Waals surface area (Å²) in [5.41, 5.74) is 0.408. The molecule has 6 heteroatoms. The molecule has 1 atom stereocenters. The predicted octanol–water partition coefficient (Wildman–Crippen LogP) is 2.25. The van der Waals surface area contributed by atoms with Crippen molar-refractivity contribution in [1.82, 2.24) is 14.9 Å².